The maximum atomic E-state index is 11.9. The Morgan fingerprint density at radius 1 is 1.24 bits per heavy atom. The summed E-state index contributed by atoms with van der Waals surface area (Å²) in [7, 11) is 1.62. The molecule has 2 aromatic rings. The van der Waals surface area contributed by atoms with Crippen molar-refractivity contribution in [3.63, 3.8) is 0 Å². The van der Waals surface area contributed by atoms with Crippen molar-refractivity contribution >= 4 is 39.3 Å². The first-order valence-electron chi connectivity index (χ1n) is 6.43. The molecule has 3 nitrogen and oxygen atoms in total. The monoisotopic (exact) mass is 365 g/mol. The van der Waals surface area contributed by atoms with Crippen LogP contribution in [0.15, 0.2) is 53.0 Å². The maximum absolute atomic E-state index is 11.9. The van der Waals surface area contributed by atoms with Gasteiger partial charge in [0.05, 0.1) is 12.9 Å². The van der Waals surface area contributed by atoms with Gasteiger partial charge < -0.3 is 10.1 Å². The predicted molar refractivity (Wildman–Crippen MR) is 91.9 cm³/mol. The van der Waals surface area contributed by atoms with E-state index in [1.807, 2.05) is 36.4 Å². The van der Waals surface area contributed by atoms with Gasteiger partial charge in [0.25, 0.3) is 0 Å². The summed E-state index contributed by atoms with van der Waals surface area (Å²) in [5.74, 6) is 2.02. The Morgan fingerprint density at radius 3 is 2.67 bits per heavy atom. The fourth-order valence-corrected chi connectivity index (χ4v) is 2.98. The molecule has 0 aromatic heterocycles. The van der Waals surface area contributed by atoms with Gasteiger partial charge in [-0.05, 0) is 42.0 Å². The predicted octanol–water partition coefficient (Wildman–Crippen LogP) is 4.33. The second-order valence-corrected chi connectivity index (χ2v) is 6.30. The van der Waals surface area contributed by atoms with E-state index in [1.54, 1.807) is 18.9 Å². The van der Waals surface area contributed by atoms with Crippen molar-refractivity contribution in [3.05, 3.63) is 58.6 Å². The third-order valence-corrected chi connectivity index (χ3v) is 4.26. The number of ether oxygens (including phenoxy) is 1. The number of thioether (sulfide) groups is 1. The first-order valence-corrected chi connectivity index (χ1v) is 8.38. The largest absolute Gasteiger partial charge is 0.497 e. The average Bonchev–Trinajstić information content (AvgIpc) is 2.48. The molecule has 0 aliphatic rings. The highest BCUT2D eigenvalue weighted by Crippen LogP contribution is 2.18. The van der Waals surface area contributed by atoms with Gasteiger partial charge in [-0.3, -0.25) is 4.79 Å². The van der Waals surface area contributed by atoms with Crippen molar-refractivity contribution in [2.75, 3.05) is 18.2 Å². The molecular formula is C16H16BrNO2S. The molecule has 0 fully saturated rings. The number of halogens is 1. The van der Waals surface area contributed by atoms with Gasteiger partial charge in [0.15, 0.2) is 0 Å². The SMILES string of the molecule is COc1ccc(NC(=O)CSCc2cccc(Br)c2)cc1. The van der Waals surface area contributed by atoms with Gasteiger partial charge in [-0.25, -0.2) is 0 Å². The smallest absolute Gasteiger partial charge is 0.234 e. The topological polar surface area (TPSA) is 38.3 Å². The van der Waals surface area contributed by atoms with Crippen LogP contribution in [-0.4, -0.2) is 18.8 Å². The molecule has 0 saturated carbocycles. The van der Waals surface area contributed by atoms with Gasteiger partial charge in [-0.1, -0.05) is 28.1 Å². The fourth-order valence-electron chi connectivity index (χ4n) is 1.76. The summed E-state index contributed by atoms with van der Waals surface area (Å²) in [6.07, 6.45) is 0. The van der Waals surface area contributed by atoms with Gasteiger partial charge in [0.2, 0.25) is 5.91 Å². The van der Waals surface area contributed by atoms with Crippen molar-refractivity contribution in [3.8, 4) is 5.75 Å². The highest BCUT2D eigenvalue weighted by molar-refractivity contribution is 9.10. The lowest BCUT2D eigenvalue weighted by molar-refractivity contribution is -0.113. The lowest BCUT2D eigenvalue weighted by Crippen LogP contribution is -2.14. The lowest BCUT2D eigenvalue weighted by atomic mass is 10.2. The van der Waals surface area contributed by atoms with E-state index in [9.17, 15) is 4.79 Å². The van der Waals surface area contributed by atoms with Gasteiger partial charge in [0.1, 0.15) is 5.75 Å². The van der Waals surface area contributed by atoms with E-state index in [1.165, 1.54) is 5.56 Å². The molecule has 0 radical (unpaired) electrons. The Bertz CT molecular complexity index is 601. The summed E-state index contributed by atoms with van der Waals surface area (Å²) in [6.45, 7) is 0. The number of amides is 1. The van der Waals surface area contributed by atoms with E-state index in [-0.39, 0.29) is 5.91 Å². The number of carbonyl (C=O) groups excluding carboxylic acids is 1. The zero-order chi connectivity index (χ0) is 15.1. The van der Waals surface area contributed by atoms with Crippen LogP contribution in [0.25, 0.3) is 0 Å². The Morgan fingerprint density at radius 2 is 2.00 bits per heavy atom. The van der Waals surface area contributed by atoms with Crippen LogP contribution in [0.5, 0.6) is 5.75 Å². The minimum atomic E-state index is 0.000152. The van der Waals surface area contributed by atoms with Crippen LogP contribution in [0.4, 0.5) is 5.69 Å². The number of hydrogen-bond donors (Lipinski definition) is 1. The van der Waals surface area contributed by atoms with E-state index >= 15 is 0 Å². The highest BCUT2D eigenvalue weighted by atomic mass is 79.9. The van der Waals surface area contributed by atoms with Crippen molar-refractivity contribution in [1.29, 1.82) is 0 Å². The molecule has 1 N–H and O–H groups in total. The normalized spacial score (nSPS) is 10.2. The van der Waals surface area contributed by atoms with Crippen molar-refractivity contribution < 1.29 is 9.53 Å². The molecule has 0 aliphatic heterocycles. The molecule has 2 aromatic carbocycles. The molecule has 0 saturated heterocycles. The van der Waals surface area contributed by atoms with Crippen LogP contribution < -0.4 is 10.1 Å². The quantitative estimate of drug-likeness (QED) is 0.827. The molecular weight excluding hydrogens is 350 g/mol. The van der Waals surface area contributed by atoms with Crippen LogP contribution in [-0.2, 0) is 10.5 Å². The number of hydrogen-bond acceptors (Lipinski definition) is 3. The molecule has 5 heteroatoms. The fraction of sp³-hybridized carbons (Fsp3) is 0.188. The van der Waals surface area contributed by atoms with Crippen molar-refractivity contribution in [1.82, 2.24) is 0 Å². The second-order valence-electron chi connectivity index (χ2n) is 4.40. The first kappa shape index (κ1) is 15.9. The van der Waals surface area contributed by atoms with E-state index in [2.05, 4.69) is 33.4 Å². The maximum Gasteiger partial charge on any atom is 0.234 e. The standard InChI is InChI=1S/C16H16BrNO2S/c1-20-15-7-5-14(6-8-15)18-16(19)11-21-10-12-3-2-4-13(17)9-12/h2-9H,10-11H2,1H3,(H,18,19). The Balaban J connectivity index is 1.76. The number of nitrogens with one attached hydrogen (secondary N) is 1. The molecule has 0 bridgehead atoms. The third kappa shape index (κ3) is 5.44. The number of rotatable bonds is 6. The van der Waals surface area contributed by atoms with Gasteiger partial charge >= 0.3 is 0 Å². The first-order chi connectivity index (χ1) is 10.2. The van der Waals surface area contributed by atoms with Crippen LogP contribution in [0, 0.1) is 0 Å². The number of methoxy groups -OCH3 is 1. The summed E-state index contributed by atoms with van der Waals surface area (Å²) in [4.78, 5) is 11.9. The molecule has 0 atom stereocenters. The molecule has 0 unspecified atom stereocenters. The number of benzene rings is 2. The lowest BCUT2D eigenvalue weighted by Gasteiger charge is -2.06. The number of carbonyl (C=O) groups is 1. The molecule has 0 aliphatic carbocycles. The summed E-state index contributed by atoms with van der Waals surface area (Å²) in [5, 5.41) is 2.87. The van der Waals surface area contributed by atoms with E-state index in [0.717, 1.165) is 21.7 Å². The van der Waals surface area contributed by atoms with Gasteiger partial charge in [-0.2, -0.15) is 0 Å². The van der Waals surface area contributed by atoms with Crippen LogP contribution in [0.2, 0.25) is 0 Å². The van der Waals surface area contributed by atoms with Crippen molar-refractivity contribution in [2.24, 2.45) is 0 Å². The molecule has 0 heterocycles. The Labute approximate surface area is 137 Å². The zero-order valence-corrected chi connectivity index (χ0v) is 14.0. The van der Waals surface area contributed by atoms with Crippen LogP contribution in [0.1, 0.15) is 5.56 Å². The summed E-state index contributed by atoms with van der Waals surface area (Å²) in [5.41, 5.74) is 1.98. The van der Waals surface area contributed by atoms with E-state index in [0.29, 0.717) is 5.75 Å². The summed E-state index contributed by atoms with van der Waals surface area (Å²) < 4.78 is 6.14. The molecule has 110 valence electrons. The van der Waals surface area contributed by atoms with E-state index in [4.69, 9.17) is 4.74 Å². The highest BCUT2D eigenvalue weighted by Gasteiger charge is 2.03. The molecule has 1 amide bonds. The zero-order valence-electron chi connectivity index (χ0n) is 11.6. The Kier molecular flexibility index (Phi) is 6.14. The second kappa shape index (κ2) is 8.10. The van der Waals surface area contributed by atoms with Gasteiger partial charge in [0, 0.05) is 15.9 Å². The van der Waals surface area contributed by atoms with Crippen molar-refractivity contribution in [2.45, 2.75) is 5.75 Å². The minimum Gasteiger partial charge on any atom is -0.497 e. The summed E-state index contributed by atoms with van der Waals surface area (Å²) in [6, 6.07) is 15.4. The van der Waals surface area contributed by atoms with Crippen LogP contribution >= 0.6 is 27.7 Å². The minimum absolute atomic E-state index is 0.000152. The average molecular weight is 366 g/mol. The Hall–Kier alpha value is -1.46. The molecule has 21 heavy (non-hydrogen) atoms. The van der Waals surface area contributed by atoms with Crippen LogP contribution in [0.3, 0.4) is 0 Å². The number of anilines is 1. The summed E-state index contributed by atoms with van der Waals surface area (Å²) >= 11 is 5.03. The third-order valence-electron chi connectivity index (χ3n) is 2.76. The van der Waals surface area contributed by atoms with Gasteiger partial charge in [-0.15, -0.1) is 11.8 Å². The van der Waals surface area contributed by atoms with E-state index < -0.39 is 0 Å². The molecule has 0 spiro atoms. The molecule has 2 rings (SSSR count).